The van der Waals surface area contributed by atoms with Crippen LogP contribution in [0.25, 0.3) is 0 Å². The Hall–Kier alpha value is -1.19. The molecule has 0 spiro atoms. The van der Waals surface area contributed by atoms with Gasteiger partial charge in [-0.2, -0.15) is 13.2 Å². The lowest BCUT2D eigenvalue weighted by atomic mass is 10.1. The first-order chi connectivity index (χ1) is 8.98. The summed E-state index contributed by atoms with van der Waals surface area (Å²) in [6, 6.07) is 1.48. The Kier molecular flexibility index (Phi) is 4.78. The van der Waals surface area contributed by atoms with Crippen molar-refractivity contribution in [1.29, 1.82) is 0 Å². The molecule has 114 valence electrons. The highest BCUT2D eigenvalue weighted by Crippen LogP contribution is 2.27. The van der Waals surface area contributed by atoms with Gasteiger partial charge in [0.1, 0.15) is 10.6 Å². The second kappa shape index (κ2) is 5.66. The number of nitrogens with one attached hydrogen (secondary N) is 1. The monoisotopic (exact) mass is 312 g/mol. The summed E-state index contributed by atoms with van der Waals surface area (Å²) in [7, 11) is -2.50. The van der Waals surface area contributed by atoms with Gasteiger partial charge in [-0.15, -0.1) is 0 Å². The fourth-order valence-corrected chi connectivity index (χ4v) is 2.27. The number of rotatable bonds is 5. The van der Waals surface area contributed by atoms with E-state index in [1.54, 1.807) is 13.8 Å². The maximum absolute atomic E-state index is 12.3. The van der Waals surface area contributed by atoms with E-state index in [1.807, 2.05) is 0 Å². The van der Waals surface area contributed by atoms with E-state index in [2.05, 4.69) is 9.71 Å². The number of pyridine rings is 1. The molecule has 9 heteroatoms. The Balaban J connectivity index is 2.89. The molecular weight excluding hydrogens is 297 g/mol. The molecule has 0 saturated carbocycles. The molecule has 5 nitrogen and oxygen atoms in total. The van der Waals surface area contributed by atoms with Gasteiger partial charge in [-0.25, -0.2) is 13.1 Å². The average Bonchev–Trinajstić information content (AvgIpc) is 2.36. The lowest BCUT2D eigenvalue weighted by Crippen LogP contribution is -2.39. The van der Waals surface area contributed by atoms with Crippen LogP contribution in [0, 0.1) is 0 Å². The summed E-state index contributed by atoms with van der Waals surface area (Å²) in [5.74, 6) is 0. The van der Waals surface area contributed by atoms with Crippen molar-refractivity contribution < 1.29 is 26.3 Å². The third kappa shape index (κ3) is 4.43. The van der Waals surface area contributed by atoms with Crippen molar-refractivity contribution in [3.63, 3.8) is 0 Å². The largest absolute Gasteiger partial charge is 0.433 e. The molecular formula is C11H15F3N2O3S. The van der Waals surface area contributed by atoms with E-state index < -0.39 is 27.5 Å². The third-order valence-electron chi connectivity index (χ3n) is 2.58. The smallest absolute Gasteiger partial charge is 0.377 e. The van der Waals surface area contributed by atoms with Crippen LogP contribution < -0.4 is 4.72 Å². The number of aromatic nitrogens is 1. The summed E-state index contributed by atoms with van der Waals surface area (Å²) in [5.41, 5.74) is -1.87. The Bertz CT molecular complexity index is 553. The molecule has 0 radical (unpaired) electrons. The Morgan fingerprint density at radius 1 is 1.30 bits per heavy atom. The van der Waals surface area contributed by atoms with Crippen molar-refractivity contribution in [3.05, 3.63) is 24.0 Å². The van der Waals surface area contributed by atoms with Crippen LogP contribution >= 0.6 is 0 Å². The van der Waals surface area contributed by atoms with Gasteiger partial charge in [0.05, 0.1) is 5.60 Å². The fourth-order valence-electron chi connectivity index (χ4n) is 1.13. The molecule has 1 N–H and O–H groups in total. The van der Waals surface area contributed by atoms with Crippen LogP contribution in [0.5, 0.6) is 0 Å². The van der Waals surface area contributed by atoms with Crippen molar-refractivity contribution in [2.75, 3.05) is 13.7 Å². The van der Waals surface area contributed by atoms with Gasteiger partial charge < -0.3 is 4.74 Å². The first-order valence-corrected chi connectivity index (χ1v) is 7.04. The number of halogens is 3. The number of nitrogens with zero attached hydrogens (tertiary/aromatic N) is 1. The van der Waals surface area contributed by atoms with Crippen LogP contribution in [0.1, 0.15) is 19.5 Å². The highest BCUT2D eigenvalue weighted by atomic mass is 32.2. The van der Waals surface area contributed by atoms with Gasteiger partial charge in [-0.1, -0.05) is 0 Å². The number of hydrogen-bond acceptors (Lipinski definition) is 4. The first-order valence-electron chi connectivity index (χ1n) is 5.56. The van der Waals surface area contributed by atoms with E-state index in [1.165, 1.54) is 7.11 Å². The molecule has 1 aromatic rings. The normalized spacial score (nSPS) is 13.5. The van der Waals surface area contributed by atoms with E-state index in [4.69, 9.17) is 4.74 Å². The van der Waals surface area contributed by atoms with Gasteiger partial charge in [0.15, 0.2) is 0 Å². The number of hydrogen-bond donors (Lipinski definition) is 1. The topological polar surface area (TPSA) is 68.3 Å². The maximum atomic E-state index is 12.3. The van der Waals surface area contributed by atoms with Crippen LogP contribution in [-0.2, 0) is 20.9 Å². The zero-order valence-corrected chi connectivity index (χ0v) is 12.0. The minimum atomic E-state index is -4.60. The molecule has 1 rings (SSSR count). The summed E-state index contributed by atoms with van der Waals surface area (Å²) in [4.78, 5) is 2.77. The standard InChI is InChI=1S/C11H15F3N2O3S/c1-10(2,19-3)7-16-20(17,18)8-4-5-9(15-6-8)11(12,13)14/h4-6,16H,7H2,1-3H3. The molecule has 0 aromatic carbocycles. The summed E-state index contributed by atoms with van der Waals surface area (Å²) in [6.07, 6.45) is -3.93. The van der Waals surface area contributed by atoms with Crippen LogP contribution in [0.3, 0.4) is 0 Å². The van der Waals surface area contributed by atoms with Crippen molar-refractivity contribution in [2.24, 2.45) is 0 Å². The molecule has 1 aromatic heterocycles. The maximum Gasteiger partial charge on any atom is 0.433 e. The highest BCUT2D eigenvalue weighted by Gasteiger charge is 2.32. The fraction of sp³-hybridized carbons (Fsp3) is 0.545. The Labute approximate surface area is 115 Å². The van der Waals surface area contributed by atoms with Gasteiger partial charge in [0.2, 0.25) is 10.0 Å². The second-order valence-corrected chi connectivity index (χ2v) is 6.43. The molecule has 0 atom stereocenters. The molecule has 0 aliphatic carbocycles. The number of methoxy groups -OCH3 is 1. The highest BCUT2D eigenvalue weighted by molar-refractivity contribution is 7.89. The lowest BCUT2D eigenvalue weighted by Gasteiger charge is -2.23. The predicted molar refractivity (Wildman–Crippen MR) is 65.5 cm³/mol. The summed E-state index contributed by atoms with van der Waals surface area (Å²) in [5, 5.41) is 0. The molecule has 0 saturated heterocycles. The van der Waals surface area contributed by atoms with Crippen LogP contribution in [0.15, 0.2) is 23.2 Å². The van der Waals surface area contributed by atoms with Crippen molar-refractivity contribution in [1.82, 2.24) is 9.71 Å². The van der Waals surface area contributed by atoms with Gasteiger partial charge >= 0.3 is 6.18 Å². The molecule has 1 heterocycles. The molecule has 0 fully saturated rings. The van der Waals surface area contributed by atoms with E-state index in [-0.39, 0.29) is 11.4 Å². The van der Waals surface area contributed by atoms with Crippen molar-refractivity contribution in [2.45, 2.75) is 30.5 Å². The predicted octanol–water partition coefficient (Wildman–Crippen LogP) is 1.80. The van der Waals surface area contributed by atoms with Crippen LogP contribution in [-0.4, -0.2) is 32.7 Å². The summed E-state index contributed by atoms with van der Waals surface area (Å²) >= 11 is 0. The van der Waals surface area contributed by atoms with Gasteiger partial charge in [-0.05, 0) is 26.0 Å². The second-order valence-electron chi connectivity index (χ2n) is 4.67. The molecule has 0 amide bonds. The van der Waals surface area contributed by atoms with E-state index >= 15 is 0 Å². The lowest BCUT2D eigenvalue weighted by molar-refractivity contribution is -0.141. The minimum Gasteiger partial charge on any atom is -0.377 e. The van der Waals surface area contributed by atoms with E-state index in [0.29, 0.717) is 12.3 Å². The van der Waals surface area contributed by atoms with Crippen LogP contribution in [0.2, 0.25) is 0 Å². The Morgan fingerprint density at radius 2 is 1.90 bits per heavy atom. The van der Waals surface area contributed by atoms with Crippen molar-refractivity contribution >= 4 is 10.0 Å². The number of ether oxygens (including phenoxy) is 1. The Morgan fingerprint density at radius 3 is 2.30 bits per heavy atom. The van der Waals surface area contributed by atoms with Crippen molar-refractivity contribution in [3.8, 4) is 0 Å². The molecule has 0 aliphatic rings. The van der Waals surface area contributed by atoms with Gasteiger partial charge in [0.25, 0.3) is 0 Å². The SMILES string of the molecule is COC(C)(C)CNS(=O)(=O)c1ccc(C(F)(F)F)nc1. The van der Waals surface area contributed by atoms with Gasteiger partial charge in [-0.3, -0.25) is 4.98 Å². The summed E-state index contributed by atoms with van der Waals surface area (Å²) < 4.78 is 68.0. The molecule has 20 heavy (non-hydrogen) atoms. The number of alkyl halides is 3. The van der Waals surface area contributed by atoms with E-state index in [9.17, 15) is 21.6 Å². The zero-order chi connectivity index (χ0) is 15.6. The summed E-state index contributed by atoms with van der Waals surface area (Å²) in [6.45, 7) is 3.31. The van der Waals surface area contributed by atoms with Gasteiger partial charge in [0, 0.05) is 19.9 Å². The quantitative estimate of drug-likeness (QED) is 0.900. The first kappa shape index (κ1) is 16.9. The third-order valence-corrected chi connectivity index (χ3v) is 3.96. The van der Waals surface area contributed by atoms with Crippen LogP contribution in [0.4, 0.5) is 13.2 Å². The minimum absolute atomic E-state index is 0.0210. The number of sulfonamides is 1. The zero-order valence-electron chi connectivity index (χ0n) is 11.2. The molecule has 0 bridgehead atoms. The molecule has 0 aliphatic heterocycles. The molecule has 0 unspecified atom stereocenters. The van der Waals surface area contributed by atoms with E-state index in [0.717, 1.165) is 6.07 Å². The average molecular weight is 312 g/mol.